The van der Waals surface area contributed by atoms with Gasteiger partial charge in [-0.3, -0.25) is 4.79 Å². The number of nitrogens with zero attached hydrogens (tertiary/aromatic N) is 6. The molecule has 2 heterocycles. The Morgan fingerprint density at radius 2 is 1.93 bits per heavy atom. The number of amides is 1. The summed E-state index contributed by atoms with van der Waals surface area (Å²) in [6.07, 6.45) is 3.32. The van der Waals surface area contributed by atoms with Crippen LogP contribution in [0.2, 0.25) is 0 Å². The van der Waals surface area contributed by atoms with Gasteiger partial charge in [-0.15, -0.1) is 15.3 Å². The molecule has 28 heavy (non-hydrogen) atoms. The Bertz CT molecular complexity index is 1080. The van der Waals surface area contributed by atoms with Crippen LogP contribution in [0.3, 0.4) is 0 Å². The summed E-state index contributed by atoms with van der Waals surface area (Å²) in [7, 11) is 0. The molecular weight excluding hydrogens is 354 g/mol. The standard InChI is InChI=1S/C20H19N7O/c1-2-26-14-21-24-19(26)16-9-6-10-17(11-16)22-20(28)18-13-27(25-23-18)12-15-7-4-3-5-8-15/h3-11,13-14H,2,12H2,1H3,(H,22,28). The molecule has 0 saturated heterocycles. The topological polar surface area (TPSA) is 90.5 Å². The molecule has 140 valence electrons. The monoisotopic (exact) mass is 373 g/mol. The largest absolute Gasteiger partial charge is 0.321 e. The van der Waals surface area contributed by atoms with Crippen molar-refractivity contribution in [1.29, 1.82) is 0 Å². The van der Waals surface area contributed by atoms with Crippen LogP contribution in [-0.4, -0.2) is 35.7 Å². The molecule has 0 fully saturated rings. The highest BCUT2D eigenvalue weighted by Crippen LogP contribution is 2.21. The molecule has 8 nitrogen and oxygen atoms in total. The van der Waals surface area contributed by atoms with E-state index in [1.807, 2.05) is 66.1 Å². The molecule has 0 saturated carbocycles. The summed E-state index contributed by atoms with van der Waals surface area (Å²) >= 11 is 0. The molecule has 8 heteroatoms. The van der Waals surface area contributed by atoms with Crippen LogP contribution < -0.4 is 5.32 Å². The molecule has 4 rings (SSSR count). The summed E-state index contributed by atoms with van der Waals surface area (Å²) in [5.74, 6) is 0.445. The lowest BCUT2D eigenvalue weighted by Crippen LogP contribution is -2.12. The number of carbonyl (C=O) groups excluding carboxylic acids is 1. The van der Waals surface area contributed by atoms with E-state index in [-0.39, 0.29) is 11.6 Å². The zero-order valence-corrected chi connectivity index (χ0v) is 15.4. The third-order valence-electron chi connectivity index (χ3n) is 4.29. The second-order valence-corrected chi connectivity index (χ2v) is 6.26. The minimum Gasteiger partial charge on any atom is -0.321 e. The van der Waals surface area contributed by atoms with Gasteiger partial charge in [-0.25, -0.2) is 4.68 Å². The van der Waals surface area contributed by atoms with Crippen molar-refractivity contribution in [3.8, 4) is 11.4 Å². The molecule has 2 aromatic heterocycles. The van der Waals surface area contributed by atoms with Crippen LogP contribution in [0.5, 0.6) is 0 Å². The summed E-state index contributed by atoms with van der Waals surface area (Å²) in [4.78, 5) is 12.5. The Morgan fingerprint density at radius 1 is 1.07 bits per heavy atom. The van der Waals surface area contributed by atoms with E-state index < -0.39 is 0 Å². The summed E-state index contributed by atoms with van der Waals surface area (Å²) in [6.45, 7) is 3.35. The number of carbonyl (C=O) groups is 1. The SMILES string of the molecule is CCn1cnnc1-c1cccc(NC(=O)c2cn(Cc3ccccc3)nn2)c1. The van der Waals surface area contributed by atoms with Gasteiger partial charge < -0.3 is 9.88 Å². The Balaban J connectivity index is 1.48. The van der Waals surface area contributed by atoms with Crippen LogP contribution in [0.4, 0.5) is 5.69 Å². The number of hydrogen-bond acceptors (Lipinski definition) is 5. The highest BCUT2D eigenvalue weighted by Gasteiger charge is 2.13. The van der Waals surface area contributed by atoms with Gasteiger partial charge in [-0.1, -0.05) is 47.7 Å². The Hall–Kier alpha value is -3.81. The van der Waals surface area contributed by atoms with Crippen LogP contribution in [0.15, 0.2) is 67.1 Å². The van der Waals surface area contributed by atoms with Gasteiger partial charge in [0.25, 0.3) is 5.91 Å². The molecule has 0 aliphatic carbocycles. The molecule has 0 radical (unpaired) electrons. The summed E-state index contributed by atoms with van der Waals surface area (Å²) < 4.78 is 3.58. The first-order valence-electron chi connectivity index (χ1n) is 8.96. The lowest BCUT2D eigenvalue weighted by atomic mass is 10.2. The number of aryl methyl sites for hydroxylation is 1. The fourth-order valence-electron chi connectivity index (χ4n) is 2.89. The van der Waals surface area contributed by atoms with Gasteiger partial charge in [-0.2, -0.15) is 0 Å². The molecule has 4 aromatic rings. The lowest BCUT2D eigenvalue weighted by molar-refractivity contribution is 0.102. The highest BCUT2D eigenvalue weighted by atomic mass is 16.2. The number of benzene rings is 2. The fourth-order valence-corrected chi connectivity index (χ4v) is 2.89. The molecule has 2 aromatic carbocycles. The predicted molar refractivity (Wildman–Crippen MR) is 105 cm³/mol. The smallest absolute Gasteiger partial charge is 0.277 e. The molecule has 1 N–H and O–H groups in total. The molecule has 0 bridgehead atoms. The van der Waals surface area contributed by atoms with Crippen LogP contribution in [0.1, 0.15) is 23.0 Å². The first kappa shape index (κ1) is 17.6. The van der Waals surface area contributed by atoms with Gasteiger partial charge in [0.1, 0.15) is 6.33 Å². The third kappa shape index (κ3) is 3.80. The maximum atomic E-state index is 12.5. The molecule has 0 spiro atoms. The van der Waals surface area contributed by atoms with Crippen molar-refractivity contribution < 1.29 is 4.79 Å². The molecule has 0 atom stereocenters. The molecular formula is C20H19N7O. The third-order valence-corrected chi connectivity index (χ3v) is 4.29. The molecule has 1 amide bonds. The van der Waals surface area contributed by atoms with Crippen LogP contribution >= 0.6 is 0 Å². The fraction of sp³-hybridized carbons (Fsp3) is 0.150. The number of nitrogens with one attached hydrogen (secondary N) is 1. The van der Waals surface area contributed by atoms with Crippen LogP contribution in [0.25, 0.3) is 11.4 Å². The molecule has 0 unspecified atom stereocenters. The second kappa shape index (κ2) is 7.83. The lowest BCUT2D eigenvalue weighted by Gasteiger charge is -2.07. The predicted octanol–water partition coefficient (Wildman–Crippen LogP) is 2.86. The number of rotatable bonds is 6. The Labute approximate surface area is 161 Å². The highest BCUT2D eigenvalue weighted by molar-refractivity contribution is 6.02. The summed E-state index contributed by atoms with van der Waals surface area (Å²) in [5, 5.41) is 19.0. The van der Waals surface area contributed by atoms with Crippen molar-refractivity contribution in [2.75, 3.05) is 5.32 Å². The van der Waals surface area contributed by atoms with Crippen molar-refractivity contribution in [1.82, 2.24) is 29.8 Å². The minimum atomic E-state index is -0.312. The summed E-state index contributed by atoms with van der Waals surface area (Å²) in [5.41, 5.74) is 2.89. The summed E-state index contributed by atoms with van der Waals surface area (Å²) in [6, 6.07) is 17.4. The van der Waals surface area contributed by atoms with E-state index in [0.29, 0.717) is 12.2 Å². The number of hydrogen-bond donors (Lipinski definition) is 1. The van der Waals surface area contributed by atoms with Crippen molar-refractivity contribution in [3.05, 3.63) is 78.4 Å². The first-order valence-corrected chi connectivity index (χ1v) is 8.96. The average molecular weight is 373 g/mol. The van der Waals surface area contributed by atoms with Gasteiger partial charge in [0.15, 0.2) is 11.5 Å². The molecule has 0 aliphatic rings. The second-order valence-electron chi connectivity index (χ2n) is 6.26. The normalized spacial score (nSPS) is 10.8. The van der Waals surface area contributed by atoms with Crippen molar-refractivity contribution >= 4 is 11.6 Å². The van der Waals surface area contributed by atoms with Gasteiger partial charge in [0.05, 0.1) is 12.7 Å². The maximum Gasteiger partial charge on any atom is 0.277 e. The minimum absolute atomic E-state index is 0.262. The van der Waals surface area contributed by atoms with Crippen molar-refractivity contribution in [2.24, 2.45) is 0 Å². The van der Waals surface area contributed by atoms with Crippen molar-refractivity contribution in [2.45, 2.75) is 20.0 Å². The van der Waals surface area contributed by atoms with E-state index in [0.717, 1.165) is 23.5 Å². The van der Waals surface area contributed by atoms with Gasteiger partial charge in [-0.05, 0) is 24.6 Å². The number of aromatic nitrogens is 6. The van der Waals surface area contributed by atoms with Crippen LogP contribution in [-0.2, 0) is 13.1 Å². The van der Waals surface area contributed by atoms with E-state index in [4.69, 9.17) is 0 Å². The Kier molecular flexibility index (Phi) is 4.92. The van der Waals surface area contributed by atoms with Crippen molar-refractivity contribution in [3.63, 3.8) is 0 Å². The Morgan fingerprint density at radius 3 is 2.75 bits per heavy atom. The van der Waals surface area contributed by atoms with E-state index in [9.17, 15) is 4.79 Å². The quantitative estimate of drug-likeness (QED) is 0.561. The number of anilines is 1. The average Bonchev–Trinajstić information content (AvgIpc) is 3.38. The van der Waals surface area contributed by atoms with Gasteiger partial charge in [0.2, 0.25) is 0 Å². The van der Waals surface area contributed by atoms with E-state index in [1.54, 1.807) is 17.2 Å². The van der Waals surface area contributed by atoms with E-state index in [1.165, 1.54) is 0 Å². The first-order chi connectivity index (χ1) is 13.7. The zero-order valence-electron chi connectivity index (χ0n) is 15.4. The van der Waals surface area contributed by atoms with E-state index in [2.05, 4.69) is 25.8 Å². The van der Waals surface area contributed by atoms with Crippen LogP contribution in [0, 0.1) is 0 Å². The zero-order chi connectivity index (χ0) is 19.3. The van der Waals surface area contributed by atoms with Gasteiger partial charge >= 0.3 is 0 Å². The van der Waals surface area contributed by atoms with E-state index >= 15 is 0 Å². The molecule has 0 aliphatic heterocycles. The van der Waals surface area contributed by atoms with Gasteiger partial charge in [0, 0.05) is 17.8 Å². The maximum absolute atomic E-state index is 12.5.